The molecule has 0 rings (SSSR count). The van der Waals surface area contributed by atoms with E-state index in [9.17, 15) is 14.4 Å². The van der Waals surface area contributed by atoms with Gasteiger partial charge in [0, 0.05) is 19.3 Å². The van der Waals surface area contributed by atoms with Crippen molar-refractivity contribution in [2.75, 3.05) is 13.2 Å². The van der Waals surface area contributed by atoms with Crippen molar-refractivity contribution >= 4 is 17.9 Å². The topological polar surface area (TPSA) is 78.9 Å². The molecule has 0 unspecified atom stereocenters. The van der Waals surface area contributed by atoms with Crippen molar-refractivity contribution in [2.45, 2.75) is 232 Å². The van der Waals surface area contributed by atoms with Gasteiger partial charge in [-0.05, 0) is 116 Å². The molecule has 0 saturated carbocycles. The van der Waals surface area contributed by atoms with Gasteiger partial charge in [-0.25, -0.2) is 0 Å². The number of rotatable bonds is 44. The molecule has 0 aliphatic heterocycles. The number of carbonyl (C=O) groups excluding carboxylic acids is 3. The fourth-order valence-electron chi connectivity index (χ4n) is 6.57. The molecule has 0 aliphatic carbocycles. The van der Waals surface area contributed by atoms with Crippen molar-refractivity contribution in [3.63, 3.8) is 0 Å². The first-order chi connectivity index (χ1) is 30.0. The van der Waals surface area contributed by atoms with Crippen LogP contribution in [0.4, 0.5) is 0 Å². The molecule has 0 heterocycles. The fourth-order valence-corrected chi connectivity index (χ4v) is 6.57. The summed E-state index contributed by atoms with van der Waals surface area (Å²) in [5.74, 6) is -0.970. The summed E-state index contributed by atoms with van der Waals surface area (Å²) in [4.78, 5) is 37.9. The predicted molar refractivity (Wildman–Crippen MR) is 261 cm³/mol. The standard InChI is InChI=1S/C55H92O6/c1-4-7-10-13-16-19-22-25-27-30-33-36-39-42-45-48-54(57)60-51-52(50-59-53(56)47-44-41-38-35-32-29-24-21-18-15-12-9-6-3)61-55(58)49-46-43-40-37-34-31-28-26-23-20-17-14-11-8-5-2/h8,11,16-17,19-21,24-28,34,37,52H,4-7,9-10,12-15,18,22-23,29-33,35-36,38-51H2,1-3H3/b11-8-,19-16-,20-17-,24-21-,27-25-,28-26-,37-34-/t52-/m0/s1. The second kappa shape index (κ2) is 49.2. The summed E-state index contributed by atoms with van der Waals surface area (Å²) in [5, 5.41) is 0. The SMILES string of the molecule is CC/C=C\C/C=C\C/C=C\C/C=C\CCCCC(=O)O[C@H](COC(=O)CCCCCCC/C=C\C/C=C\CCCCC)COC(=O)CCCCCCC/C=C\CCCCCC. The van der Waals surface area contributed by atoms with Crippen LogP contribution < -0.4 is 0 Å². The summed E-state index contributed by atoms with van der Waals surface area (Å²) in [5.41, 5.74) is 0. The highest BCUT2D eigenvalue weighted by Crippen LogP contribution is 2.13. The average Bonchev–Trinajstić information content (AvgIpc) is 3.26. The summed E-state index contributed by atoms with van der Waals surface area (Å²) in [6.45, 7) is 6.42. The molecule has 6 nitrogen and oxygen atoms in total. The van der Waals surface area contributed by atoms with Crippen LogP contribution in [0.5, 0.6) is 0 Å². The molecule has 61 heavy (non-hydrogen) atoms. The number of hydrogen-bond donors (Lipinski definition) is 0. The maximum Gasteiger partial charge on any atom is 0.306 e. The molecule has 0 aliphatic rings. The van der Waals surface area contributed by atoms with E-state index in [2.05, 4.69) is 106 Å². The van der Waals surface area contributed by atoms with Crippen molar-refractivity contribution < 1.29 is 28.6 Å². The van der Waals surface area contributed by atoms with Gasteiger partial charge in [-0.2, -0.15) is 0 Å². The second-order valence-electron chi connectivity index (χ2n) is 16.3. The molecule has 0 fully saturated rings. The number of esters is 3. The largest absolute Gasteiger partial charge is 0.462 e. The lowest BCUT2D eigenvalue weighted by molar-refractivity contribution is -0.167. The molecular formula is C55H92O6. The Balaban J connectivity index is 4.50. The van der Waals surface area contributed by atoms with E-state index in [0.29, 0.717) is 19.3 Å². The van der Waals surface area contributed by atoms with Crippen LogP contribution in [0.25, 0.3) is 0 Å². The Hall–Kier alpha value is -3.41. The Morgan fingerprint density at radius 3 is 1.08 bits per heavy atom. The van der Waals surface area contributed by atoms with E-state index in [0.717, 1.165) is 116 Å². The minimum Gasteiger partial charge on any atom is -0.462 e. The third kappa shape index (κ3) is 47.5. The van der Waals surface area contributed by atoms with Crippen molar-refractivity contribution in [1.29, 1.82) is 0 Å². The van der Waals surface area contributed by atoms with Crippen LogP contribution >= 0.6 is 0 Å². The second-order valence-corrected chi connectivity index (χ2v) is 16.3. The van der Waals surface area contributed by atoms with E-state index in [1.807, 2.05) is 0 Å². The zero-order valence-corrected chi connectivity index (χ0v) is 39.7. The van der Waals surface area contributed by atoms with Gasteiger partial charge < -0.3 is 14.2 Å². The molecular weight excluding hydrogens is 757 g/mol. The lowest BCUT2D eigenvalue weighted by Crippen LogP contribution is -2.30. The molecule has 0 amide bonds. The van der Waals surface area contributed by atoms with Gasteiger partial charge >= 0.3 is 17.9 Å². The van der Waals surface area contributed by atoms with E-state index in [4.69, 9.17) is 14.2 Å². The van der Waals surface area contributed by atoms with Gasteiger partial charge in [0.25, 0.3) is 0 Å². The van der Waals surface area contributed by atoms with Gasteiger partial charge in [0.15, 0.2) is 6.10 Å². The lowest BCUT2D eigenvalue weighted by atomic mass is 10.1. The highest BCUT2D eigenvalue weighted by molar-refractivity contribution is 5.71. The van der Waals surface area contributed by atoms with Gasteiger partial charge in [-0.1, -0.05) is 176 Å². The van der Waals surface area contributed by atoms with Crippen LogP contribution in [0.1, 0.15) is 226 Å². The van der Waals surface area contributed by atoms with Crippen LogP contribution in [0.2, 0.25) is 0 Å². The average molecular weight is 849 g/mol. The predicted octanol–water partition coefficient (Wildman–Crippen LogP) is 16.4. The van der Waals surface area contributed by atoms with Crippen molar-refractivity contribution in [3.8, 4) is 0 Å². The minimum atomic E-state index is -0.806. The Bertz CT molecular complexity index is 1200. The van der Waals surface area contributed by atoms with E-state index >= 15 is 0 Å². The smallest absolute Gasteiger partial charge is 0.306 e. The summed E-state index contributed by atoms with van der Waals surface area (Å²) in [6.07, 6.45) is 62.8. The lowest BCUT2D eigenvalue weighted by Gasteiger charge is -2.18. The Morgan fingerprint density at radius 2 is 0.639 bits per heavy atom. The van der Waals surface area contributed by atoms with Crippen molar-refractivity contribution in [3.05, 3.63) is 85.1 Å². The van der Waals surface area contributed by atoms with Crippen LogP contribution in [0.15, 0.2) is 85.1 Å². The number of hydrogen-bond acceptors (Lipinski definition) is 6. The van der Waals surface area contributed by atoms with Crippen LogP contribution in [0, 0.1) is 0 Å². The Labute approximate surface area is 375 Å². The van der Waals surface area contributed by atoms with E-state index in [-0.39, 0.29) is 37.5 Å². The first-order valence-corrected chi connectivity index (χ1v) is 25.1. The minimum absolute atomic E-state index is 0.103. The zero-order valence-electron chi connectivity index (χ0n) is 39.7. The van der Waals surface area contributed by atoms with Gasteiger partial charge in [0.1, 0.15) is 13.2 Å². The van der Waals surface area contributed by atoms with E-state index in [1.54, 1.807) is 0 Å². The first kappa shape index (κ1) is 57.6. The number of carbonyl (C=O) groups is 3. The molecule has 0 bridgehead atoms. The van der Waals surface area contributed by atoms with Crippen LogP contribution in [-0.2, 0) is 28.6 Å². The zero-order chi connectivity index (χ0) is 44.4. The van der Waals surface area contributed by atoms with Gasteiger partial charge in [0.05, 0.1) is 0 Å². The monoisotopic (exact) mass is 849 g/mol. The summed E-state index contributed by atoms with van der Waals surface area (Å²) in [7, 11) is 0. The molecule has 0 aromatic rings. The molecule has 1 atom stereocenters. The number of ether oxygens (including phenoxy) is 3. The van der Waals surface area contributed by atoms with Crippen molar-refractivity contribution in [2.24, 2.45) is 0 Å². The maximum atomic E-state index is 12.8. The summed E-state index contributed by atoms with van der Waals surface area (Å²) >= 11 is 0. The quantitative estimate of drug-likeness (QED) is 0.0263. The molecule has 348 valence electrons. The van der Waals surface area contributed by atoms with E-state index in [1.165, 1.54) is 64.2 Å². The summed E-state index contributed by atoms with van der Waals surface area (Å²) < 4.78 is 16.7. The van der Waals surface area contributed by atoms with Gasteiger partial charge in [0.2, 0.25) is 0 Å². The molecule has 0 radical (unpaired) electrons. The molecule has 0 aromatic heterocycles. The third-order valence-electron chi connectivity index (χ3n) is 10.4. The van der Waals surface area contributed by atoms with Crippen LogP contribution in [0.3, 0.4) is 0 Å². The summed E-state index contributed by atoms with van der Waals surface area (Å²) in [6, 6.07) is 0. The molecule has 0 saturated heterocycles. The molecule has 0 N–H and O–H groups in total. The number of allylic oxidation sites excluding steroid dienone is 14. The highest BCUT2D eigenvalue weighted by atomic mass is 16.6. The first-order valence-electron chi connectivity index (χ1n) is 25.1. The molecule has 6 heteroatoms. The van der Waals surface area contributed by atoms with E-state index < -0.39 is 6.10 Å². The highest BCUT2D eigenvalue weighted by Gasteiger charge is 2.19. The van der Waals surface area contributed by atoms with Crippen LogP contribution in [-0.4, -0.2) is 37.2 Å². The maximum absolute atomic E-state index is 12.8. The fraction of sp³-hybridized carbons (Fsp3) is 0.691. The Kier molecular flexibility index (Phi) is 46.5. The van der Waals surface area contributed by atoms with Crippen molar-refractivity contribution in [1.82, 2.24) is 0 Å². The number of unbranched alkanes of at least 4 members (excludes halogenated alkanes) is 19. The van der Waals surface area contributed by atoms with Gasteiger partial charge in [-0.15, -0.1) is 0 Å². The molecule has 0 aromatic carbocycles. The normalized spacial score (nSPS) is 12.8. The third-order valence-corrected chi connectivity index (χ3v) is 10.4. The molecule has 0 spiro atoms. The van der Waals surface area contributed by atoms with Gasteiger partial charge in [-0.3, -0.25) is 14.4 Å². The Morgan fingerprint density at radius 1 is 0.344 bits per heavy atom.